The molecule has 35 heavy (non-hydrogen) atoms. The van der Waals surface area contributed by atoms with E-state index >= 15 is 0 Å². The quantitative estimate of drug-likeness (QED) is 0.220. The summed E-state index contributed by atoms with van der Waals surface area (Å²) in [4.78, 5) is 9.28. The Labute approximate surface area is 211 Å². The Morgan fingerprint density at radius 3 is 1.97 bits per heavy atom. The van der Waals surface area contributed by atoms with Gasteiger partial charge in [0.2, 0.25) is 6.29 Å². The maximum atomic E-state index is 6.05. The smallest absolute Gasteiger partial charge is 0.241 e. The minimum Gasteiger partial charge on any atom is -0.451 e. The number of hydrogen-bond acceptors (Lipinski definition) is 4. The Morgan fingerprint density at radius 1 is 0.629 bits per heavy atom. The molecule has 1 aliphatic heterocycles. The van der Waals surface area contributed by atoms with E-state index in [0.717, 1.165) is 47.5 Å². The standard InChI is InChI=1S/C31H40N2O2/c1-3-5-7-9-11-13-24-15-17-25(18-16-24)27-22-32-31(33-23-27)26-19-20-28-29(21-26)35-30(34-28)14-12-10-8-6-4-2/h15-23,30H,3-14H2,1-2H3. The van der Waals surface area contributed by atoms with Gasteiger partial charge in [-0.15, -0.1) is 0 Å². The number of aromatic nitrogens is 2. The van der Waals surface area contributed by atoms with Gasteiger partial charge in [-0.3, -0.25) is 0 Å². The average molecular weight is 473 g/mol. The Balaban J connectivity index is 1.31. The summed E-state index contributed by atoms with van der Waals surface area (Å²) in [5.74, 6) is 2.31. The lowest BCUT2D eigenvalue weighted by atomic mass is 10.0. The molecular formula is C31H40N2O2. The summed E-state index contributed by atoms with van der Waals surface area (Å²) in [6, 6.07) is 14.8. The summed E-state index contributed by atoms with van der Waals surface area (Å²) in [6.45, 7) is 4.50. The van der Waals surface area contributed by atoms with Gasteiger partial charge < -0.3 is 9.47 Å². The van der Waals surface area contributed by atoms with Gasteiger partial charge in [-0.1, -0.05) is 89.5 Å². The Morgan fingerprint density at radius 2 is 1.26 bits per heavy atom. The summed E-state index contributed by atoms with van der Waals surface area (Å²) < 4.78 is 12.0. The number of ether oxygens (including phenoxy) is 2. The molecule has 4 nitrogen and oxygen atoms in total. The van der Waals surface area contributed by atoms with E-state index in [9.17, 15) is 0 Å². The summed E-state index contributed by atoms with van der Waals surface area (Å²) >= 11 is 0. The fourth-order valence-corrected chi connectivity index (χ4v) is 4.60. The summed E-state index contributed by atoms with van der Waals surface area (Å²) in [5.41, 5.74) is 4.54. The first-order chi connectivity index (χ1) is 17.3. The van der Waals surface area contributed by atoms with E-state index < -0.39 is 0 Å². The van der Waals surface area contributed by atoms with E-state index in [2.05, 4.69) is 48.1 Å². The highest BCUT2D eigenvalue weighted by atomic mass is 16.7. The largest absolute Gasteiger partial charge is 0.451 e. The molecule has 1 aliphatic rings. The van der Waals surface area contributed by atoms with Crippen LogP contribution in [-0.4, -0.2) is 16.3 Å². The number of rotatable bonds is 14. The number of fused-ring (bicyclic) bond motifs is 1. The number of hydrogen-bond donors (Lipinski definition) is 0. The van der Waals surface area contributed by atoms with E-state index in [4.69, 9.17) is 9.47 Å². The molecule has 1 unspecified atom stereocenters. The van der Waals surface area contributed by atoms with E-state index in [1.807, 2.05) is 30.6 Å². The fourth-order valence-electron chi connectivity index (χ4n) is 4.60. The van der Waals surface area contributed by atoms with Crippen LogP contribution in [-0.2, 0) is 6.42 Å². The van der Waals surface area contributed by atoms with E-state index in [0.29, 0.717) is 5.82 Å². The first-order valence-electron chi connectivity index (χ1n) is 13.7. The highest BCUT2D eigenvalue weighted by Crippen LogP contribution is 2.38. The zero-order valence-electron chi connectivity index (χ0n) is 21.5. The van der Waals surface area contributed by atoms with Gasteiger partial charge >= 0.3 is 0 Å². The highest BCUT2D eigenvalue weighted by molar-refractivity contribution is 5.65. The second-order valence-corrected chi connectivity index (χ2v) is 9.69. The van der Waals surface area contributed by atoms with Crippen LogP contribution in [0.1, 0.15) is 90.0 Å². The minimum absolute atomic E-state index is 0.176. The third kappa shape index (κ3) is 7.30. The van der Waals surface area contributed by atoms with Crippen LogP contribution in [0.15, 0.2) is 54.9 Å². The summed E-state index contributed by atoms with van der Waals surface area (Å²) in [6.07, 6.45) is 18.5. The molecule has 4 rings (SSSR count). The van der Waals surface area contributed by atoms with Crippen LogP contribution in [0.5, 0.6) is 11.5 Å². The van der Waals surface area contributed by atoms with Crippen LogP contribution in [0, 0.1) is 0 Å². The SMILES string of the molecule is CCCCCCCc1ccc(-c2cnc(-c3ccc4c(c3)OC(CCCCCCC)O4)nc2)cc1. The van der Waals surface area contributed by atoms with Crippen molar-refractivity contribution in [1.29, 1.82) is 0 Å². The molecule has 0 saturated heterocycles. The van der Waals surface area contributed by atoms with E-state index in [1.54, 1.807) is 0 Å². The molecule has 0 bridgehead atoms. The molecule has 0 saturated carbocycles. The van der Waals surface area contributed by atoms with Crippen molar-refractivity contribution in [2.24, 2.45) is 0 Å². The van der Waals surface area contributed by atoms with Crippen molar-refractivity contribution < 1.29 is 9.47 Å². The topological polar surface area (TPSA) is 44.2 Å². The maximum Gasteiger partial charge on any atom is 0.241 e. The van der Waals surface area contributed by atoms with Crippen molar-refractivity contribution in [2.75, 3.05) is 0 Å². The molecule has 3 aromatic rings. The van der Waals surface area contributed by atoms with Crippen molar-refractivity contribution in [3.05, 3.63) is 60.4 Å². The molecule has 0 amide bonds. The minimum atomic E-state index is -0.176. The second-order valence-electron chi connectivity index (χ2n) is 9.69. The molecule has 0 spiro atoms. The summed E-state index contributed by atoms with van der Waals surface area (Å²) in [5, 5.41) is 0. The molecule has 1 aromatic heterocycles. The molecule has 2 heterocycles. The van der Waals surface area contributed by atoms with Gasteiger partial charge in [0.25, 0.3) is 0 Å². The van der Waals surface area contributed by atoms with Crippen LogP contribution < -0.4 is 9.47 Å². The van der Waals surface area contributed by atoms with Gasteiger partial charge in [0.15, 0.2) is 17.3 Å². The predicted molar refractivity (Wildman–Crippen MR) is 144 cm³/mol. The third-order valence-electron chi connectivity index (χ3n) is 6.77. The van der Waals surface area contributed by atoms with Gasteiger partial charge in [-0.05, 0) is 48.6 Å². The van der Waals surface area contributed by atoms with Crippen molar-refractivity contribution in [2.45, 2.75) is 97.2 Å². The van der Waals surface area contributed by atoms with Gasteiger partial charge in [0.05, 0.1) is 0 Å². The number of nitrogens with zero attached hydrogens (tertiary/aromatic N) is 2. The van der Waals surface area contributed by atoms with Crippen LogP contribution in [0.3, 0.4) is 0 Å². The van der Waals surface area contributed by atoms with Crippen molar-refractivity contribution >= 4 is 0 Å². The first-order valence-corrected chi connectivity index (χ1v) is 13.7. The zero-order valence-corrected chi connectivity index (χ0v) is 21.5. The lowest BCUT2D eigenvalue weighted by Crippen LogP contribution is -2.17. The lowest BCUT2D eigenvalue weighted by Gasteiger charge is -2.09. The normalized spacial score (nSPS) is 14.4. The van der Waals surface area contributed by atoms with Gasteiger partial charge in [-0.25, -0.2) is 9.97 Å². The van der Waals surface area contributed by atoms with E-state index in [1.165, 1.54) is 63.4 Å². The maximum absolute atomic E-state index is 6.05. The van der Waals surface area contributed by atoms with Crippen molar-refractivity contribution in [1.82, 2.24) is 9.97 Å². The van der Waals surface area contributed by atoms with Crippen LogP contribution in [0.2, 0.25) is 0 Å². The van der Waals surface area contributed by atoms with Gasteiger partial charge in [-0.2, -0.15) is 0 Å². The predicted octanol–water partition coefficient (Wildman–Crippen LogP) is 8.78. The molecule has 2 aromatic carbocycles. The molecule has 0 N–H and O–H groups in total. The molecule has 4 heteroatoms. The van der Waals surface area contributed by atoms with Crippen molar-refractivity contribution in [3.8, 4) is 34.0 Å². The monoisotopic (exact) mass is 472 g/mol. The molecular weight excluding hydrogens is 432 g/mol. The zero-order chi connectivity index (χ0) is 24.3. The molecule has 0 radical (unpaired) electrons. The summed E-state index contributed by atoms with van der Waals surface area (Å²) in [7, 11) is 0. The molecule has 0 aliphatic carbocycles. The lowest BCUT2D eigenvalue weighted by molar-refractivity contribution is 0.0395. The Hall–Kier alpha value is -2.88. The number of unbranched alkanes of at least 4 members (excludes halogenated alkanes) is 8. The third-order valence-corrected chi connectivity index (χ3v) is 6.77. The fraction of sp³-hybridized carbons (Fsp3) is 0.484. The molecule has 1 atom stereocenters. The van der Waals surface area contributed by atoms with Crippen LogP contribution in [0.25, 0.3) is 22.5 Å². The van der Waals surface area contributed by atoms with Crippen LogP contribution in [0.4, 0.5) is 0 Å². The van der Waals surface area contributed by atoms with Crippen LogP contribution >= 0.6 is 0 Å². The Kier molecular flexibility index (Phi) is 9.56. The van der Waals surface area contributed by atoms with Gasteiger partial charge in [0, 0.05) is 29.9 Å². The molecule has 186 valence electrons. The number of aryl methyl sites for hydroxylation is 1. The Bertz CT molecular complexity index is 1030. The first kappa shape index (κ1) is 25.2. The second kappa shape index (κ2) is 13.3. The highest BCUT2D eigenvalue weighted by Gasteiger charge is 2.24. The number of benzene rings is 2. The molecule has 0 fully saturated rings. The van der Waals surface area contributed by atoms with Gasteiger partial charge in [0.1, 0.15) is 0 Å². The van der Waals surface area contributed by atoms with E-state index in [-0.39, 0.29) is 6.29 Å². The average Bonchev–Trinajstić information content (AvgIpc) is 3.31. The van der Waals surface area contributed by atoms with Crippen molar-refractivity contribution in [3.63, 3.8) is 0 Å².